The lowest BCUT2D eigenvalue weighted by atomic mass is 10.3. The van der Waals surface area contributed by atoms with Gasteiger partial charge in [-0.3, -0.25) is 10.1 Å². The average Bonchev–Trinajstić information content (AvgIpc) is 2.86. The lowest BCUT2D eigenvalue weighted by molar-refractivity contribution is -0.375. The van der Waals surface area contributed by atoms with E-state index in [4.69, 9.17) is 0 Å². The molecule has 2 rings (SSSR count). The molecule has 6 heteroatoms. The largest absolute Gasteiger partial charge is 0.305 e. The normalized spacial score (nSPS) is 11.7. The zero-order valence-corrected chi connectivity index (χ0v) is 9.35. The van der Waals surface area contributed by atoms with Crippen molar-refractivity contribution in [1.82, 2.24) is 9.55 Å². The third kappa shape index (κ3) is 1.87. The van der Waals surface area contributed by atoms with Crippen molar-refractivity contribution < 1.29 is 4.92 Å². The van der Waals surface area contributed by atoms with Crippen molar-refractivity contribution in [3.63, 3.8) is 0 Å². The Morgan fingerprint density at radius 1 is 1.69 bits per heavy atom. The average molecular weight is 235 g/mol. The van der Waals surface area contributed by atoms with Gasteiger partial charge in [0, 0.05) is 17.8 Å². The Kier molecular flexibility index (Phi) is 2.82. The van der Waals surface area contributed by atoms with Crippen molar-refractivity contribution in [2.75, 3.05) is 0 Å². The summed E-state index contributed by atoms with van der Waals surface area (Å²) in [5, 5.41) is 12.6. The molecular weight excluding hydrogens is 226 g/mol. The highest BCUT2D eigenvalue weighted by Crippen LogP contribution is 2.25. The molecule has 0 spiro atoms. The van der Waals surface area contributed by atoms with Gasteiger partial charge in [0.1, 0.15) is 4.88 Å². The van der Waals surface area contributed by atoms with Gasteiger partial charge in [0.2, 0.25) is 0 Å². The van der Waals surface area contributed by atoms with Crippen LogP contribution in [-0.2, 0) is 0 Å². The fraction of sp³-hybridized carbons (Fsp3) is 0.100. The lowest BCUT2D eigenvalue weighted by Gasteiger charge is -1.94. The summed E-state index contributed by atoms with van der Waals surface area (Å²) >= 11 is 1.35. The Balaban J connectivity index is 2.37. The first-order chi connectivity index (χ1) is 7.72. The quantitative estimate of drug-likeness (QED) is 0.606. The van der Waals surface area contributed by atoms with E-state index in [1.54, 1.807) is 31.7 Å². The Morgan fingerprint density at radius 3 is 3.06 bits per heavy atom. The van der Waals surface area contributed by atoms with Gasteiger partial charge >= 0.3 is 0 Å². The molecule has 0 saturated carbocycles. The topological polar surface area (TPSA) is 61.0 Å². The summed E-state index contributed by atoms with van der Waals surface area (Å²) in [6.45, 7) is 1.66. The number of nitro groups is 1. The van der Waals surface area contributed by atoms with Crippen LogP contribution in [0.3, 0.4) is 0 Å². The minimum absolute atomic E-state index is 0.136. The molecule has 0 amide bonds. The number of thiophene rings is 1. The number of nitrogens with zero attached hydrogens (tertiary/aromatic N) is 3. The summed E-state index contributed by atoms with van der Waals surface area (Å²) in [6.07, 6.45) is 6.63. The van der Waals surface area contributed by atoms with E-state index in [0.717, 1.165) is 5.69 Å². The standard InChI is InChI=1S/C10H9N3O2S/c1-2-9(13(14)15)10-5-8(6-16-10)12-4-3-11-7-12/h2-7H,1H3/b9-2+. The SMILES string of the molecule is C/C=C(\c1cc(-n2ccnc2)cs1)[N+](=O)[O-]. The minimum atomic E-state index is -0.372. The number of aromatic nitrogens is 2. The van der Waals surface area contributed by atoms with Crippen LogP contribution in [0, 0.1) is 10.1 Å². The van der Waals surface area contributed by atoms with Crippen molar-refractivity contribution in [3.05, 3.63) is 51.2 Å². The fourth-order valence-corrected chi connectivity index (χ4v) is 2.28. The molecule has 2 aromatic rings. The van der Waals surface area contributed by atoms with E-state index in [-0.39, 0.29) is 10.6 Å². The summed E-state index contributed by atoms with van der Waals surface area (Å²) in [5.74, 6) is 0. The van der Waals surface area contributed by atoms with Gasteiger partial charge in [0.15, 0.2) is 0 Å². The van der Waals surface area contributed by atoms with Crippen LogP contribution >= 0.6 is 11.3 Å². The second-order valence-electron chi connectivity index (χ2n) is 3.07. The fourth-order valence-electron chi connectivity index (χ4n) is 1.35. The Hall–Kier alpha value is -1.95. The number of hydrogen-bond donors (Lipinski definition) is 0. The lowest BCUT2D eigenvalue weighted by Crippen LogP contribution is -1.95. The predicted octanol–water partition coefficient (Wildman–Crippen LogP) is 2.57. The van der Waals surface area contributed by atoms with Crippen LogP contribution in [0.25, 0.3) is 11.4 Å². The van der Waals surface area contributed by atoms with E-state index in [1.165, 1.54) is 17.4 Å². The summed E-state index contributed by atoms with van der Waals surface area (Å²) in [6, 6.07) is 1.78. The van der Waals surface area contributed by atoms with Crippen molar-refractivity contribution in [3.8, 4) is 5.69 Å². The third-order valence-electron chi connectivity index (χ3n) is 2.11. The molecule has 0 saturated heterocycles. The molecule has 0 aromatic carbocycles. The van der Waals surface area contributed by atoms with Crippen molar-refractivity contribution in [2.24, 2.45) is 0 Å². The molecule has 0 fully saturated rings. The van der Waals surface area contributed by atoms with Crippen LogP contribution in [0.4, 0.5) is 0 Å². The molecule has 0 radical (unpaired) electrons. The molecule has 82 valence electrons. The molecule has 0 unspecified atom stereocenters. The van der Waals surface area contributed by atoms with Gasteiger partial charge in [-0.15, -0.1) is 11.3 Å². The number of imidazole rings is 1. The second kappa shape index (κ2) is 4.28. The molecule has 0 N–H and O–H groups in total. The van der Waals surface area contributed by atoms with E-state index in [1.807, 2.05) is 9.95 Å². The van der Waals surface area contributed by atoms with Crippen LogP contribution in [0.15, 0.2) is 36.2 Å². The van der Waals surface area contributed by atoms with Crippen LogP contribution in [0.2, 0.25) is 0 Å². The third-order valence-corrected chi connectivity index (χ3v) is 3.05. The van der Waals surface area contributed by atoms with Crippen LogP contribution < -0.4 is 0 Å². The van der Waals surface area contributed by atoms with Gasteiger partial charge in [-0.05, 0) is 19.1 Å². The van der Waals surface area contributed by atoms with E-state index in [9.17, 15) is 10.1 Å². The molecule has 0 aliphatic rings. The molecule has 0 atom stereocenters. The second-order valence-corrected chi connectivity index (χ2v) is 3.98. The van der Waals surface area contributed by atoms with E-state index >= 15 is 0 Å². The molecule has 0 bridgehead atoms. The minimum Gasteiger partial charge on any atom is -0.305 e. The first kappa shape index (κ1) is 10.6. The van der Waals surface area contributed by atoms with Crippen LogP contribution in [-0.4, -0.2) is 14.5 Å². The maximum Gasteiger partial charge on any atom is 0.282 e. The maximum absolute atomic E-state index is 10.8. The highest BCUT2D eigenvalue weighted by Gasteiger charge is 2.15. The summed E-state index contributed by atoms with van der Waals surface area (Å²) in [4.78, 5) is 15.0. The van der Waals surface area contributed by atoms with E-state index in [2.05, 4.69) is 4.98 Å². The predicted molar refractivity (Wildman–Crippen MR) is 62.1 cm³/mol. The molecule has 5 nitrogen and oxygen atoms in total. The highest BCUT2D eigenvalue weighted by molar-refractivity contribution is 7.11. The number of hydrogen-bond acceptors (Lipinski definition) is 4. The number of allylic oxidation sites excluding steroid dienone is 1. The van der Waals surface area contributed by atoms with Crippen molar-refractivity contribution in [1.29, 1.82) is 0 Å². The monoisotopic (exact) mass is 235 g/mol. The van der Waals surface area contributed by atoms with E-state index < -0.39 is 0 Å². The molecule has 2 heterocycles. The molecule has 0 aliphatic heterocycles. The molecule has 2 aromatic heterocycles. The first-order valence-corrected chi connectivity index (χ1v) is 5.48. The van der Waals surface area contributed by atoms with Gasteiger partial charge in [-0.2, -0.15) is 0 Å². The zero-order valence-electron chi connectivity index (χ0n) is 8.53. The van der Waals surface area contributed by atoms with Gasteiger partial charge in [0.25, 0.3) is 5.70 Å². The molecule has 0 aliphatic carbocycles. The maximum atomic E-state index is 10.8. The molecule has 16 heavy (non-hydrogen) atoms. The van der Waals surface area contributed by atoms with Gasteiger partial charge < -0.3 is 4.57 Å². The Bertz CT molecular complexity index is 528. The Morgan fingerprint density at radius 2 is 2.50 bits per heavy atom. The van der Waals surface area contributed by atoms with Gasteiger partial charge in [-0.25, -0.2) is 4.98 Å². The van der Waals surface area contributed by atoms with Gasteiger partial charge in [-0.1, -0.05) is 0 Å². The number of rotatable bonds is 3. The van der Waals surface area contributed by atoms with Crippen LogP contribution in [0.1, 0.15) is 11.8 Å². The summed E-state index contributed by atoms with van der Waals surface area (Å²) < 4.78 is 1.81. The van der Waals surface area contributed by atoms with Gasteiger partial charge in [0.05, 0.1) is 16.9 Å². The van der Waals surface area contributed by atoms with E-state index in [0.29, 0.717) is 4.88 Å². The zero-order chi connectivity index (χ0) is 11.5. The highest BCUT2D eigenvalue weighted by atomic mass is 32.1. The first-order valence-electron chi connectivity index (χ1n) is 4.60. The van der Waals surface area contributed by atoms with Crippen molar-refractivity contribution >= 4 is 17.0 Å². The Labute approximate surface area is 95.8 Å². The summed E-state index contributed by atoms with van der Waals surface area (Å²) in [5.41, 5.74) is 1.02. The smallest absolute Gasteiger partial charge is 0.282 e. The molecular formula is C10H9N3O2S. The van der Waals surface area contributed by atoms with Crippen molar-refractivity contribution in [2.45, 2.75) is 6.92 Å². The van der Waals surface area contributed by atoms with Crippen LogP contribution in [0.5, 0.6) is 0 Å². The summed E-state index contributed by atoms with van der Waals surface area (Å²) in [7, 11) is 0.